The molecule has 0 N–H and O–H groups in total. The van der Waals surface area contributed by atoms with Gasteiger partial charge < -0.3 is 28.4 Å². The molecular formula is C35H42O6. The molecule has 1 saturated carbocycles. The van der Waals surface area contributed by atoms with Crippen LogP contribution < -0.4 is 0 Å². The van der Waals surface area contributed by atoms with Crippen molar-refractivity contribution in [2.75, 3.05) is 13.2 Å². The van der Waals surface area contributed by atoms with E-state index in [0.29, 0.717) is 45.6 Å². The fourth-order valence-electron chi connectivity index (χ4n) is 6.14. The molecule has 0 spiro atoms. The first kappa shape index (κ1) is 28.5. The molecule has 41 heavy (non-hydrogen) atoms. The summed E-state index contributed by atoms with van der Waals surface area (Å²) in [7, 11) is 0. The normalized spacial score (nSPS) is 27.2. The Bertz CT molecular complexity index is 1180. The Kier molecular flexibility index (Phi) is 10.1. The summed E-state index contributed by atoms with van der Waals surface area (Å²) >= 11 is 0. The Balaban J connectivity index is 1.28. The minimum absolute atomic E-state index is 0.359. The summed E-state index contributed by atoms with van der Waals surface area (Å²) in [6.07, 6.45) is 4.05. The highest BCUT2D eigenvalue weighted by Crippen LogP contribution is 2.33. The molecule has 3 aromatic rings. The van der Waals surface area contributed by atoms with E-state index in [1.165, 1.54) is 32.1 Å². The van der Waals surface area contributed by atoms with Gasteiger partial charge in [0.25, 0.3) is 0 Å². The maximum atomic E-state index is 6.77. The van der Waals surface area contributed by atoms with Crippen LogP contribution in [0.25, 0.3) is 0 Å². The molecule has 2 heterocycles. The summed E-state index contributed by atoms with van der Waals surface area (Å²) in [5.74, 6) is 0.550. The number of hydrogen-bond donors (Lipinski definition) is 0. The Morgan fingerprint density at radius 3 is 1.93 bits per heavy atom. The van der Waals surface area contributed by atoms with Crippen molar-refractivity contribution in [3.63, 3.8) is 0 Å². The van der Waals surface area contributed by atoms with E-state index in [1.807, 2.05) is 48.5 Å². The maximum Gasteiger partial charge on any atom is 0.186 e. The molecule has 3 aromatic carbocycles. The van der Waals surface area contributed by atoms with Gasteiger partial charge in [-0.1, -0.05) is 104 Å². The van der Waals surface area contributed by atoms with Crippen LogP contribution in [-0.2, 0) is 54.8 Å². The summed E-state index contributed by atoms with van der Waals surface area (Å²) in [5.41, 5.74) is 4.43. The predicted octanol–water partition coefficient (Wildman–Crippen LogP) is 6.59. The van der Waals surface area contributed by atoms with Crippen molar-refractivity contribution in [1.29, 1.82) is 0 Å². The fraction of sp³-hybridized carbons (Fsp3) is 0.486. The lowest BCUT2D eigenvalue weighted by atomic mass is 9.90. The number of benzene rings is 3. The number of hydrogen-bond acceptors (Lipinski definition) is 6. The standard InChI is InChI=1S/C35H42O6/c1-4-12-26(13-5-1)20-37-32-31-25-36-23-29-18-10-11-19-30(29)24-39-33(32)34(38-21-27-14-6-2-7-15-27)35(41-31)40-22-28-16-8-3-9-17-28/h1-2,4-7,10-15,18-19,28,31-35H,3,8-9,16-17,20-25H2/t31-,32-,33+,34-,35?/m1/s1. The van der Waals surface area contributed by atoms with Gasteiger partial charge in [0, 0.05) is 0 Å². The molecule has 2 bridgehead atoms. The van der Waals surface area contributed by atoms with Crippen LogP contribution in [0.5, 0.6) is 0 Å². The van der Waals surface area contributed by atoms with Crippen molar-refractivity contribution < 1.29 is 28.4 Å². The van der Waals surface area contributed by atoms with Crippen LogP contribution in [0.4, 0.5) is 0 Å². The Hall–Kier alpha value is -2.58. The van der Waals surface area contributed by atoms with Gasteiger partial charge in [0.05, 0.1) is 39.6 Å². The van der Waals surface area contributed by atoms with E-state index in [4.69, 9.17) is 28.4 Å². The molecule has 6 heteroatoms. The average molecular weight is 559 g/mol. The molecule has 6 rings (SSSR count). The molecule has 6 nitrogen and oxygen atoms in total. The van der Waals surface area contributed by atoms with E-state index in [0.717, 1.165) is 22.3 Å². The Morgan fingerprint density at radius 1 is 0.634 bits per heavy atom. The van der Waals surface area contributed by atoms with Gasteiger partial charge in [-0.05, 0) is 41.0 Å². The van der Waals surface area contributed by atoms with Gasteiger partial charge in [0.2, 0.25) is 0 Å². The zero-order valence-electron chi connectivity index (χ0n) is 23.8. The molecule has 1 saturated heterocycles. The average Bonchev–Trinajstić information content (AvgIpc) is 3.03. The molecule has 218 valence electrons. The van der Waals surface area contributed by atoms with Gasteiger partial charge in [0.1, 0.15) is 24.4 Å². The van der Waals surface area contributed by atoms with Gasteiger partial charge in [-0.15, -0.1) is 0 Å². The second kappa shape index (κ2) is 14.5. The molecule has 0 amide bonds. The van der Waals surface area contributed by atoms with Crippen molar-refractivity contribution in [2.45, 2.75) is 89.2 Å². The van der Waals surface area contributed by atoms with Gasteiger partial charge in [-0.3, -0.25) is 0 Å². The summed E-state index contributed by atoms with van der Waals surface area (Å²) in [6, 6.07) is 28.7. The van der Waals surface area contributed by atoms with Crippen LogP contribution in [-0.4, -0.2) is 43.9 Å². The van der Waals surface area contributed by atoms with E-state index in [-0.39, 0.29) is 6.10 Å². The van der Waals surface area contributed by atoms with Crippen LogP contribution in [0.2, 0.25) is 0 Å². The number of ether oxygens (including phenoxy) is 6. The molecule has 1 unspecified atom stereocenters. The summed E-state index contributed by atoms with van der Waals surface area (Å²) in [5, 5.41) is 0. The second-order valence-electron chi connectivity index (χ2n) is 11.5. The quantitative estimate of drug-likeness (QED) is 0.295. The third-order valence-electron chi connectivity index (χ3n) is 8.47. The van der Waals surface area contributed by atoms with Gasteiger partial charge >= 0.3 is 0 Å². The SMILES string of the molecule is c1ccc(CO[C@H]2[C@@H]3OCc4ccccc4COC[C@H]2OC(OCC2CCCCC2)[C@@H]3OCc2ccccc2)cc1. The first-order valence-electron chi connectivity index (χ1n) is 15.2. The zero-order valence-corrected chi connectivity index (χ0v) is 23.8. The van der Waals surface area contributed by atoms with Crippen molar-refractivity contribution in [3.8, 4) is 0 Å². The predicted molar refractivity (Wildman–Crippen MR) is 156 cm³/mol. The van der Waals surface area contributed by atoms with Gasteiger partial charge in [-0.2, -0.15) is 0 Å². The minimum atomic E-state index is -0.578. The maximum absolute atomic E-state index is 6.77. The van der Waals surface area contributed by atoms with E-state index < -0.39 is 24.6 Å². The zero-order chi connectivity index (χ0) is 27.7. The van der Waals surface area contributed by atoms with Crippen LogP contribution in [0.3, 0.4) is 0 Å². The highest BCUT2D eigenvalue weighted by Gasteiger charge is 2.49. The molecule has 0 radical (unpaired) electrons. The summed E-state index contributed by atoms with van der Waals surface area (Å²) < 4.78 is 39.6. The van der Waals surface area contributed by atoms with Crippen LogP contribution in [0, 0.1) is 5.92 Å². The van der Waals surface area contributed by atoms with E-state index >= 15 is 0 Å². The fourth-order valence-corrected chi connectivity index (χ4v) is 6.14. The summed E-state index contributed by atoms with van der Waals surface area (Å²) in [4.78, 5) is 0. The van der Waals surface area contributed by atoms with Crippen LogP contribution in [0.15, 0.2) is 84.9 Å². The van der Waals surface area contributed by atoms with Crippen LogP contribution >= 0.6 is 0 Å². The minimum Gasteiger partial charge on any atom is -0.374 e. The third kappa shape index (κ3) is 7.63. The highest BCUT2D eigenvalue weighted by atomic mass is 16.7. The largest absolute Gasteiger partial charge is 0.374 e. The van der Waals surface area contributed by atoms with Crippen molar-refractivity contribution in [2.24, 2.45) is 5.92 Å². The van der Waals surface area contributed by atoms with Gasteiger partial charge in [0.15, 0.2) is 6.29 Å². The lowest BCUT2D eigenvalue weighted by molar-refractivity contribution is -0.331. The first-order chi connectivity index (χ1) is 20.3. The molecule has 3 aliphatic rings. The van der Waals surface area contributed by atoms with E-state index in [2.05, 4.69) is 36.4 Å². The monoisotopic (exact) mass is 558 g/mol. The molecular weight excluding hydrogens is 516 g/mol. The molecule has 0 aromatic heterocycles. The smallest absolute Gasteiger partial charge is 0.186 e. The van der Waals surface area contributed by atoms with E-state index in [9.17, 15) is 0 Å². The highest BCUT2D eigenvalue weighted by molar-refractivity contribution is 5.26. The third-order valence-corrected chi connectivity index (χ3v) is 8.47. The van der Waals surface area contributed by atoms with Crippen molar-refractivity contribution in [1.82, 2.24) is 0 Å². The summed E-state index contributed by atoms with van der Waals surface area (Å²) in [6.45, 7) is 2.85. The Morgan fingerprint density at radius 2 is 1.24 bits per heavy atom. The molecule has 1 aliphatic carbocycles. The number of rotatable bonds is 9. The van der Waals surface area contributed by atoms with Crippen molar-refractivity contribution >= 4 is 0 Å². The van der Waals surface area contributed by atoms with Gasteiger partial charge in [-0.25, -0.2) is 0 Å². The number of fused-ring (bicyclic) bond motifs is 3. The first-order valence-corrected chi connectivity index (χ1v) is 15.2. The lowest BCUT2D eigenvalue weighted by Gasteiger charge is -2.46. The topological polar surface area (TPSA) is 55.4 Å². The Labute approximate surface area is 243 Å². The molecule has 2 fully saturated rings. The van der Waals surface area contributed by atoms with Crippen LogP contribution in [0.1, 0.15) is 54.4 Å². The molecule has 5 atom stereocenters. The second-order valence-corrected chi connectivity index (χ2v) is 11.5. The molecule has 2 aliphatic heterocycles. The lowest BCUT2D eigenvalue weighted by Crippen LogP contribution is -2.62. The van der Waals surface area contributed by atoms with Crippen molar-refractivity contribution in [3.05, 3.63) is 107 Å². The van der Waals surface area contributed by atoms with E-state index in [1.54, 1.807) is 0 Å².